The van der Waals surface area contributed by atoms with Gasteiger partial charge in [0.05, 0.1) is 0 Å². The average molecular weight is 304 g/mol. The monoisotopic (exact) mass is 303 g/mol. The van der Waals surface area contributed by atoms with E-state index in [1.807, 2.05) is 43.3 Å². The van der Waals surface area contributed by atoms with E-state index in [1.165, 1.54) is 5.56 Å². The minimum absolute atomic E-state index is 0.0348. The van der Waals surface area contributed by atoms with Crippen LogP contribution in [0.3, 0.4) is 0 Å². The van der Waals surface area contributed by atoms with Crippen LogP contribution in [0.2, 0.25) is 5.02 Å². The van der Waals surface area contributed by atoms with E-state index < -0.39 is 0 Å². The Morgan fingerprint density at radius 2 is 1.67 bits per heavy atom. The highest BCUT2D eigenvalue weighted by molar-refractivity contribution is 6.31. The lowest BCUT2D eigenvalue weighted by Gasteiger charge is -2.17. The maximum Gasteiger partial charge on any atom is 0.132 e. The summed E-state index contributed by atoms with van der Waals surface area (Å²) in [6.07, 6.45) is 0.693. The van der Waals surface area contributed by atoms with Gasteiger partial charge in [0.2, 0.25) is 0 Å². The van der Waals surface area contributed by atoms with E-state index in [4.69, 9.17) is 22.1 Å². The standard InChI is InChI=1S/C18H22ClNO/c1-12(2)14-7-4-5-9-17(14)21-18-10-6-8-16(19)15(18)11-13(3)20/h4-10,12-13H,11,20H2,1-3H3. The number of rotatable bonds is 5. The first-order valence-electron chi connectivity index (χ1n) is 7.28. The van der Waals surface area contributed by atoms with Crippen LogP contribution in [-0.2, 0) is 6.42 Å². The van der Waals surface area contributed by atoms with Gasteiger partial charge in [0.25, 0.3) is 0 Å². The minimum Gasteiger partial charge on any atom is -0.457 e. The van der Waals surface area contributed by atoms with Crippen molar-refractivity contribution in [2.24, 2.45) is 5.73 Å². The van der Waals surface area contributed by atoms with Crippen LogP contribution in [-0.4, -0.2) is 6.04 Å². The SMILES string of the molecule is CC(N)Cc1c(Cl)cccc1Oc1ccccc1C(C)C. The molecule has 2 aromatic rings. The number of benzene rings is 2. The molecule has 0 radical (unpaired) electrons. The number of hydrogen-bond acceptors (Lipinski definition) is 2. The van der Waals surface area contributed by atoms with Gasteiger partial charge in [-0.2, -0.15) is 0 Å². The van der Waals surface area contributed by atoms with Crippen LogP contribution in [0, 0.1) is 0 Å². The largest absolute Gasteiger partial charge is 0.457 e. The van der Waals surface area contributed by atoms with Crippen molar-refractivity contribution in [2.75, 3.05) is 0 Å². The summed E-state index contributed by atoms with van der Waals surface area (Å²) in [6, 6.07) is 13.9. The molecule has 0 aliphatic carbocycles. The second-order valence-electron chi connectivity index (χ2n) is 5.69. The van der Waals surface area contributed by atoms with Crippen LogP contribution in [0.1, 0.15) is 37.8 Å². The molecule has 2 N–H and O–H groups in total. The summed E-state index contributed by atoms with van der Waals surface area (Å²) >= 11 is 6.31. The Bertz CT molecular complexity index is 608. The lowest BCUT2D eigenvalue weighted by atomic mass is 10.0. The molecule has 2 nitrogen and oxygen atoms in total. The predicted octanol–water partition coefficient (Wildman–Crippen LogP) is 5.15. The molecule has 2 aromatic carbocycles. The first-order chi connectivity index (χ1) is 9.99. The first-order valence-corrected chi connectivity index (χ1v) is 7.66. The van der Waals surface area contributed by atoms with Crippen LogP contribution >= 0.6 is 11.6 Å². The van der Waals surface area contributed by atoms with E-state index in [9.17, 15) is 0 Å². The molecule has 112 valence electrons. The number of nitrogens with two attached hydrogens (primary N) is 1. The van der Waals surface area contributed by atoms with Crippen molar-refractivity contribution < 1.29 is 4.74 Å². The van der Waals surface area contributed by atoms with Gasteiger partial charge in [-0.05, 0) is 43.0 Å². The molecule has 0 aliphatic heterocycles. The van der Waals surface area contributed by atoms with E-state index in [0.717, 1.165) is 17.1 Å². The predicted molar refractivity (Wildman–Crippen MR) is 89.4 cm³/mol. The van der Waals surface area contributed by atoms with Crippen molar-refractivity contribution in [3.63, 3.8) is 0 Å². The zero-order valence-corrected chi connectivity index (χ0v) is 13.5. The van der Waals surface area contributed by atoms with Crippen molar-refractivity contribution in [1.29, 1.82) is 0 Å². The van der Waals surface area contributed by atoms with E-state index in [1.54, 1.807) is 0 Å². The molecule has 0 saturated carbocycles. The maximum atomic E-state index is 6.31. The molecule has 3 heteroatoms. The minimum atomic E-state index is 0.0348. The Hall–Kier alpha value is -1.51. The summed E-state index contributed by atoms with van der Waals surface area (Å²) in [5, 5.41) is 0.701. The summed E-state index contributed by atoms with van der Waals surface area (Å²) in [6.45, 7) is 6.28. The number of halogens is 1. The molecule has 21 heavy (non-hydrogen) atoms. The highest BCUT2D eigenvalue weighted by atomic mass is 35.5. The Morgan fingerprint density at radius 1 is 1.00 bits per heavy atom. The normalized spacial score (nSPS) is 12.5. The Morgan fingerprint density at radius 3 is 2.33 bits per heavy atom. The molecular weight excluding hydrogens is 282 g/mol. The fourth-order valence-corrected chi connectivity index (χ4v) is 2.57. The third-order valence-corrected chi connectivity index (χ3v) is 3.72. The van der Waals surface area contributed by atoms with Crippen molar-refractivity contribution in [1.82, 2.24) is 0 Å². The molecule has 0 fully saturated rings. The first kappa shape index (κ1) is 15.9. The second kappa shape index (κ2) is 6.97. The molecule has 0 aliphatic rings. The Kier molecular flexibility index (Phi) is 5.27. The fourth-order valence-electron chi connectivity index (χ4n) is 2.32. The number of hydrogen-bond donors (Lipinski definition) is 1. The zero-order chi connectivity index (χ0) is 15.4. The van der Waals surface area contributed by atoms with Gasteiger partial charge < -0.3 is 10.5 Å². The molecule has 0 heterocycles. The summed E-state index contributed by atoms with van der Waals surface area (Å²) in [5.74, 6) is 2.06. The van der Waals surface area contributed by atoms with Gasteiger partial charge in [0.1, 0.15) is 11.5 Å². The number of ether oxygens (including phenoxy) is 1. The lowest BCUT2D eigenvalue weighted by Crippen LogP contribution is -2.18. The van der Waals surface area contributed by atoms with E-state index in [0.29, 0.717) is 17.4 Å². The van der Waals surface area contributed by atoms with Crippen molar-refractivity contribution >= 4 is 11.6 Å². The molecule has 0 aromatic heterocycles. The number of para-hydroxylation sites is 1. The average Bonchev–Trinajstić information content (AvgIpc) is 2.42. The quantitative estimate of drug-likeness (QED) is 0.829. The fraction of sp³-hybridized carbons (Fsp3) is 0.333. The molecule has 0 bridgehead atoms. The zero-order valence-electron chi connectivity index (χ0n) is 12.8. The topological polar surface area (TPSA) is 35.2 Å². The molecular formula is C18H22ClNO. The van der Waals surface area contributed by atoms with E-state index in [-0.39, 0.29) is 6.04 Å². The highest BCUT2D eigenvalue weighted by Gasteiger charge is 2.13. The van der Waals surface area contributed by atoms with E-state index in [2.05, 4.69) is 19.9 Å². The summed E-state index contributed by atoms with van der Waals surface area (Å²) in [7, 11) is 0. The Labute approximate surface area is 131 Å². The van der Waals surface area contributed by atoms with Crippen LogP contribution in [0.4, 0.5) is 0 Å². The van der Waals surface area contributed by atoms with Crippen LogP contribution in [0.25, 0.3) is 0 Å². The second-order valence-corrected chi connectivity index (χ2v) is 6.10. The van der Waals surface area contributed by atoms with Gasteiger partial charge in [-0.3, -0.25) is 0 Å². The van der Waals surface area contributed by atoms with Crippen molar-refractivity contribution in [2.45, 2.75) is 39.2 Å². The third kappa shape index (κ3) is 3.99. The molecule has 2 rings (SSSR count). The summed E-state index contributed by atoms with van der Waals surface area (Å²) in [5.41, 5.74) is 8.07. The van der Waals surface area contributed by atoms with Gasteiger partial charge in [0, 0.05) is 16.6 Å². The molecule has 0 spiro atoms. The molecule has 0 amide bonds. The van der Waals surface area contributed by atoms with Crippen molar-refractivity contribution in [3.05, 3.63) is 58.6 Å². The van der Waals surface area contributed by atoms with Gasteiger partial charge in [-0.25, -0.2) is 0 Å². The van der Waals surface area contributed by atoms with E-state index >= 15 is 0 Å². The van der Waals surface area contributed by atoms with Gasteiger partial charge in [-0.15, -0.1) is 0 Å². The molecule has 0 saturated heterocycles. The van der Waals surface area contributed by atoms with Gasteiger partial charge in [0.15, 0.2) is 0 Å². The smallest absolute Gasteiger partial charge is 0.132 e. The maximum absolute atomic E-state index is 6.31. The van der Waals surface area contributed by atoms with Crippen LogP contribution in [0.15, 0.2) is 42.5 Å². The summed E-state index contributed by atoms with van der Waals surface area (Å²) < 4.78 is 6.14. The molecule has 1 unspecified atom stereocenters. The molecule has 1 atom stereocenters. The highest BCUT2D eigenvalue weighted by Crippen LogP contribution is 2.34. The van der Waals surface area contributed by atoms with Crippen LogP contribution in [0.5, 0.6) is 11.5 Å². The van der Waals surface area contributed by atoms with Crippen LogP contribution < -0.4 is 10.5 Å². The summed E-state index contributed by atoms with van der Waals surface area (Å²) in [4.78, 5) is 0. The third-order valence-electron chi connectivity index (χ3n) is 3.36. The Balaban J connectivity index is 2.38. The van der Waals surface area contributed by atoms with Gasteiger partial charge in [-0.1, -0.05) is 49.7 Å². The van der Waals surface area contributed by atoms with Crippen molar-refractivity contribution in [3.8, 4) is 11.5 Å². The lowest BCUT2D eigenvalue weighted by molar-refractivity contribution is 0.465. The van der Waals surface area contributed by atoms with Gasteiger partial charge >= 0.3 is 0 Å².